The zero-order chi connectivity index (χ0) is 17.8. The third-order valence-electron chi connectivity index (χ3n) is 4.55. The lowest BCUT2D eigenvalue weighted by Crippen LogP contribution is -2.31. The molecule has 0 bridgehead atoms. The zero-order valence-electron chi connectivity index (χ0n) is 14.2. The van der Waals surface area contributed by atoms with Crippen LogP contribution in [-0.2, 0) is 11.2 Å². The van der Waals surface area contributed by atoms with Gasteiger partial charge in [-0.05, 0) is 47.7 Å². The van der Waals surface area contributed by atoms with Gasteiger partial charge < -0.3 is 15.8 Å². The second-order valence-corrected chi connectivity index (χ2v) is 6.41. The standard InChI is InChI=1S/C20H22N2O3/c1-13-12-15-4-2-3-5-17(15)19(13)22-18(23)10-11-25-16-8-6-14(7-9-16)20(21)24/h2-9,13,19H,10-12H2,1H3,(H2,21,24)(H,22,23)/t13-,19-/m0/s1. The highest BCUT2D eigenvalue weighted by atomic mass is 16.5. The summed E-state index contributed by atoms with van der Waals surface area (Å²) in [5, 5.41) is 3.12. The molecule has 0 unspecified atom stereocenters. The minimum Gasteiger partial charge on any atom is -0.493 e. The number of primary amides is 1. The summed E-state index contributed by atoms with van der Waals surface area (Å²) in [6.45, 7) is 2.44. The Morgan fingerprint density at radius 2 is 1.88 bits per heavy atom. The highest BCUT2D eigenvalue weighted by molar-refractivity contribution is 5.92. The number of carbonyl (C=O) groups is 2. The van der Waals surface area contributed by atoms with Crippen molar-refractivity contribution in [2.75, 3.05) is 6.61 Å². The first kappa shape index (κ1) is 17.0. The van der Waals surface area contributed by atoms with Gasteiger partial charge in [-0.1, -0.05) is 31.2 Å². The molecule has 0 aromatic heterocycles. The third kappa shape index (κ3) is 3.99. The molecule has 2 aromatic rings. The zero-order valence-corrected chi connectivity index (χ0v) is 14.2. The number of benzene rings is 2. The summed E-state index contributed by atoms with van der Waals surface area (Å²) in [5.41, 5.74) is 8.15. The van der Waals surface area contributed by atoms with Gasteiger partial charge in [0.15, 0.2) is 0 Å². The van der Waals surface area contributed by atoms with Gasteiger partial charge in [0.2, 0.25) is 11.8 Å². The molecule has 5 heteroatoms. The summed E-state index contributed by atoms with van der Waals surface area (Å²) in [6, 6.07) is 14.9. The number of carbonyl (C=O) groups excluding carboxylic acids is 2. The lowest BCUT2D eigenvalue weighted by molar-refractivity contribution is -0.122. The Kier molecular flexibility index (Phi) is 5.03. The van der Waals surface area contributed by atoms with Crippen LogP contribution >= 0.6 is 0 Å². The van der Waals surface area contributed by atoms with Gasteiger partial charge in [0.05, 0.1) is 19.1 Å². The monoisotopic (exact) mass is 338 g/mol. The van der Waals surface area contributed by atoms with Crippen LogP contribution in [0.15, 0.2) is 48.5 Å². The summed E-state index contributed by atoms with van der Waals surface area (Å²) < 4.78 is 5.56. The Bertz CT molecular complexity index is 771. The van der Waals surface area contributed by atoms with Crippen LogP contribution in [0.3, 0.4) is 0 Å². The predicted octanol–water partition coefficient (Wildman–Crippen LogP) is 2.60. The summed E-state index contributed by atoms with van der Waals surface area (Å²) in [6.07, 6.45) is 1.27. The van der Waals surface area contributed by atoms with Gasteiger partial charge in [-0.15, -0.1) is 0 Å². The molecule has 2 aromatic carbocycles. The number of ether oxygens (including phenoxy) is 1. The van der Waals surface area contributed by atoms with Crippen molar-refractivity contribution in [2.24, 2.45) is 11.7 Å². The van der Waals surface area contributed by atoms with Gasteiger partial charge in [-0.2, -0.15) is 0 Å². The van der Waals surface area contributed by atoms with Crippen molar-refractivity contribution in [1.29, 1.82) is 0 Å². The van der Waals surface area contributed by atoms with Gasteiger partial charge in [0.25, 0.3) is 0 Å². The van der Waals surface area contributed by atoms with Crippen molar-refractivity contribution in [2.45, 2.75) is 25.8 Å². The molecular formula is C20H22N2O3. The Labute approximate surface area is 147 Å². The summed E-state index contributed by atoms with van der Waals surface area (Å²) in [5.74, 6) is 0.500. The molecule has 2 amide bonds. The van der Waals surface area contributed by atoms with Crippen molar-refractivity contribution < 1.29 is 14.3 Å². The molecule has 0 saturated carbocycles. The quantitative estimate of drug-likeness (QED) is 0.849. The Morgan fingerprint density at radius 1 is 1.16 bits per heavy atom. The molecule has 130 valence electrons. The highest BCUT2D eigenvalue weighted by Gasteiger charge is 2.29. The fourth-order valence-electron chi connectivity index (χ4n) is 3.24. The molecule has 0 heterocycles. The average Bonchev–Trinajstić information content (AvgIpc) is 2.91. The van der Waals surface area contributed by atoms with Crippen LogP contribution < -0.4 is 15.8 Å². The number of amides is 2. The molecule has 0 fully saturated rings. The first-order valence-corrected chi connectivity index (χ1v) is 8.44. The van der Waals surface area contributed by atoms with E-state index >= 15 is 0 Å². The SMILES string of the molecule is C[C@H]1Cc2ccccc2[C@H]1NC(=O)CCOc1ccc(C(N)=O)cc1. The van der Waals surface area contributed by atoms with E-state index < -0.39 is 5.91 Å². The maximum absolute atomic E-state index is 12.2. The smallest absolute Gasteiger partial charge is 0.248 e. The molecule has 2 atom stereocenters. The van der Waals surface area contributed by atoms with E-state index in [4.69, 9.17) is 10.5 Å². The van der Waals surface area contributed by atoms with Crippen molar-refractivity contribution in [1.82, 2.24) is 5.32 Å². The van der Waals surface area contributed by atoms with E-state index in [1.165, 1.54) is 11.1 Å². The molecule has 1 aliphatic rings. The normalized spacial score (nSPS) is 18.4. The van der Waals surface area contributed by atoms with E-state index in [0.29, 0.717) is 17.2 Å². The van der Waals surface area contributed by atoms with Gasteiger partial charge in [-0.3, -0.25) is 9.59 Å². The Hall–Kier alpha value is -2.82. The van der Waals surface area contributed by atoms with Crippen LogP contribution in [0.5, 0.6) is 5.75 Å². The molecule has 0 radical (unpaired) electrons. The fourth-order valence-corrected chi connectivity index (χ4v) is 3.24. The van der Waals surface area contributed by atoms with Crippen LogP contribution in [0.1, 0.15) is 40.9 Å². The first-order valence-electron chi connectivity index (χ1n) is 8.44. The molecule has 3 N–H and O–H groups in total. The number of hydrogen-bond donors (Lipinski definition) is 2. The number of nitrogens with two attached hydrogens (primary N) is 1. The van der Waals surface area contributed by atoms with Gasteiger partial charge in [0, 0.05) is 5.56 Å². The van der Waals surface area contributed by atoms with Crippen LogP contribution in [0, 0.1) is 5.92 Å². The predicted molar refractivity (Wildman–Crippen MR) is 95.3 cm³/mol. The maximum atomic E-state index is 12.2. The number of rotatable bonds is 6. The van der Waals surface area contributed by atoms with Crippen LogP contribution in [-0.4, -0.2) is 18.4 Å². The summed E-state index contributed by atoms with van der Waals surface area (Å²) in [4.78, 5) is 23.3. The van der Waals surface area contributed by atoms with E-state index in [9.17, 15) is 9.59 Å². The van der Waals surface area contributed by atoms with Crippen LogP contribution in [0.25, 0.3) is 0 Å². The molecule has 25 heavy (non-hydrogen) atoms. The van der Waals surface area contributed by atoms with Gasteiger partial charge in [0.1, 0.15) is 5.75 Å². The van der Waals surface area contributed by atoms with E-state index in [0.717, 1.165) is 6.42 Å². The maximum Gasteiger partial charge on any atom is 0.248 e. The second kappa shape index (κ2) is 7.38. The molecule has 3 rings (SSSR count). The lowest BCUT2D eigenvalue weighted by atomic mass is 10.0. The number of nitrogens with one attached hydrogen (secondary N) is 1. The average molecular weight is 338 g/mol. The van der Waals surface area contributed by atoms with Crippen molar-refractivity contribution in [3.05, 3.63) is 65.2 Å². The molecule has 1 aliphatic carbocycles. The Morgan fingerprint density at radius 3 is 2.60 bits per heavy atom. The minimum absolute atomic E-state index is 0.0256. The summed E-state index contributed by atoms with van der Waals surface area (Å²) in [7, 11) is 0. The van der Waals surface area contributed by atoms with Crippen LogP contribution in [0.4, 0.5) is 0 Å². The lowest BCUT2D eigenvalue weighted by Gasteiger charge is -2.19. The molecule has 5 nitrogen and oxygen atoms in total. The topological polar surface area (TPSA) is 81.4 Å². The number of fused-ring (bicyclic) bond motifs is 1. The fraction of sp³-hybridized carbons (Fsp3) is 0.300. The second-order valence-electron chi connectivity index (χ2n) is 6.41. The van der Waals surface area contributed by atoms with Gasteiger partial charge in [-0.25, -0.2) is 0 Å². The molecular weight excluding hydrogens is 316 g/mol. The Balaban J connectivity index is 1.49. The first-order chi connectivity index (χ1) is 12.0. The minimum atomic E-state index is -0.475. The van der Waals surface area contributed by atoms with Crippen molar-refractivity contribution >= 4 is 11.8 Å². The summed E-state index contributed by atoms with van der Waals surface area (Å²) >= 11 is 0. The van der Waals surface area contributed by atoms with E-state index in [1.807, 2.05) is 12.1 Å². The van der Waals surface area contributed by atoms with Gasteiger partial charge >= 0.3 is 0 Å². The molecule has 0 saturated heterocycles. The highest BCUT2D eigenvalue weighted by Crippen LogP contribution is 2.35. The van der Waals surface area contributed by atoms with E-state index in [2.05, 4.69) is 24.4 Å². The largest absolute Gasteiger partial charge is 0.493 e. The van der Waals surface area contributed by atoms with Crippen molar-refractivity contribution in [3.63, 3.8) is 0 Å². The third-order valence-corrected chi connectivity index (χ3v) is 4.55. The number of hydrogen-bond acceptors (Lipinski definition) is 3. The van der Waals surface area contributed by atoms with E-state index in [-0.39, 0.29) is 25.0 Å². The molecule has 0 aliphatic heterocycles. The molecule has 0 spiro atoms. The van der Waals surface area contributed by atoms with Crippen molar-refractivity contribution in [3.8, 4) is 5.75 Å². The van der Waals surface area contributed by atoms with E-state index in [1.54, 1.807) is 24.3 Å². The van der Waals surface area contributed by atoms with Crippen LogP contribution in [0.2, 0.25) is 0 Å².